The zero-order valence-corrected chi connectivity index (χ0v) is 16.0. The summed E-state index contributed by atoms with van der Waals surface area (Å²) >= 11 is 0. The molecule has 3 rings (SSSR count). The van der Waals surface area contributed by atoms with Gasteiger partial charge in [0.05, 0.1) is 6.10 Å². The molecule has 1 aromatic carbocycles. The molecular formula is C22H29F3O2. The summed E-state index contributed by atoms with van der Waals surface area (Å²) in [5, 5.41) is 0. The monoisotopic (exact) mass is 382 g/mol. The fraction of sp³-hybridized carbons (Fsp3) is 0.636. The highest BCUT2D eigenvalue weighted by Gasteiger charge is 2.34. The van der Waals surface area contributed by atoms with Crippen LogP contribution in [0.25, 0.3) is 0 Å². The molecule has 1 aromatic rings. The second-order valence-electron chi connectivity index (χ2n) is 7.76. The third kappa shape index (κ3) is 5.91. The van der Waals surface area contributed by atoms with Gasteiger partial charge in [0, 0.05) is 0 Å². The van der Waals surface area contributed by atoms with Gasteiger partial charge in [-0.3, -0.25) is 0 Å². The molecule has 2 fully saturated rings. The summed E-state index contributed by atoms with van der Waals surface area (Å²) in [4.78, 5) is 0. The van der Waals surface area contributed by atoms with Gasteiger partial charge >= 0.3 is 6.36 Å². The van der Waals surface area contributed by atoms with E-state index in [1.807, 2.05) is 6.07 Å². The first-order valence-corrected chi connectivity index (χ1v) is 10.1. The summed E-state index contributed by atoms with van der Waals surface area (Å²) in [7, 11) is 0. The Hall–Kier alpha value is -1.65. The Labute approximate surface area is 159 Å². The van der Waals surface area contributed by atoms with Crippen molar-refractivity contribution >= 4 is 0 Å². The number of hydrogen-bond acceptors (Lipinski definition) is 2. The summed E-state index contributed by atoms with van der Waals surface area (Å²) in [6, 6.07) is 3.52. The number of rotatable bonds is 7. The lowest BCUT2D eigenvalue weighted by molar-refractivity contribution is -0.275. The van der Waals surface area contributed by atoms with Gasteiger partial charge in [-0.2, -0.15) is 0 Å². The average molecular weight is 382 g/mol. The molecule has 2 saturated carbocycles. The number of benzene rings is 1. The normalized spacial score (nSPS) is 19.3. The molecule has 27 heavy (non-hydrogen) atoms. The number of ether oxygens (including phenoxy) is 2. The molecule has 5 heteroatoms. The lowest BCUT2D eigenvalue weighted by atomic mass is 10.0. The summed E-state index contributed by atoms with van der Waals surface area (Å²) < 4.78 is 49.0. The van der Waals surface area contributed by atoms with Crippen LogP contribution in [0.15, 0.2) is 24.3 Å². The van der Waals surface area contributed by atoms with Crippen LogP contribution in [0.3, 0.4) is 0 Å². The Morgan fingerprint density at radius 1 is 1.04 bits per heavy atom. The van der Waals surface area contributed by atoms with Crippen molar-refractivity contribution in [3.05, 3.63) is 35.4 Å². The highest BCUT2D eigenvalue weighted by atomic mass is 19.4. The number of hydrogen-bond donors (Lipinski definition) is 0. The Bertz CT molecular complexity index is 640. The number of allylic oxidation sites excluding steroid dienone is 2. The zero-order valence-electron chi connectivity index (χ0n) is 16.0. The van der Waals surface area contributed by atoms with Crippen LogP contribution < -0.4 is 9.47 Å². The molecule has 0 spiro atoms. The minimum Gasteiger partial charge on any atom is -0.487 e. The predicted octanol–water partition coefficient (Wildman–Crippen LogP) is 6.89. The molecule has 0 atom stereocenters. The minimum absolute atomic E-state index is 0.0137. The molecule has 2 aliphatic carbocycles. The smallest absolute Gasteiger partial charge is 0.487 e. The molecule has 150 valence electrons. The quantitative estimate of drug-likeness (QED) is 0.478. The van der Waals surface area contributed by atoms with Crippen LogP contribution in [-0.2, 0) is 6.42 Å². The van der Waals surface area contributed by atoms with Gasteiger partial charge in [-0.15, -0.1) is 13.2 Å². The van der Waals surface area contributed by atoms with E-state index in [0.717, 1.165) is 37.7 Å². The van der Waals surface area contributed by atoms with Crippen LogP contribution >= 0.6 is 0 Å². The summed E-state index contributed by atoms with van der Waals surface area (Å²) in [5.74, 6) is 0.714. The van der Waals surface area contributed by atoms with E-state index < -0.39 is 6.36 Å². The third-order valence-electron chi connectivity index (χ3n) is 5.68. The largest absolute Gasteiger partial charge is 0.573 e. The highest BCUT2D eigenvalue weighted by Crippen LogP contribution is 2.39. The number of alkyl halides is 3. The number of halogens is 3. The van der Waals surface area contributed by atoms with E-state index in [0.29, 0.717) is 17.9 Å². The molecule has 0 radical (unpaired) electrons. The molecule has 0 N–H and O–H groups in total. The van der Waals surface area contributed by atoms with Gasteiger partial charge < -0.3 is 9.47 Å². The molecule has 0 aliphatic heterocycles. The molecular weight excluding hydrogens is 353 g/mol. The van der Waals surface area contributed by atoms with Crippen molar-refractivity contribution in [3.8, 4) is 11.5 Å². The van der Waals surface area contributed by atoms with Crippen molar-refractivity contribution in [2.24, 2.45) is 5.92 Å². The fourth-order valence-electron chi connectivity index (χ4n) is 4.18. The van der Waals surface area contributed by atoms with Crippen molar-refractivity contribution < 1.29 is 22.6 Å². The molecule has 0 saturated heterocycles. The highest BCUT2D eigenvalue weighted by molar-refractivity contribution is 5.50. The molecule has 0 unspecified atom stereocenters. The Kier molecular flexibility index (Phi) is 6.72. The first kappa shape index (κ1) is 20.1. The predicted molar refractivity (Wildman–Crippen MR) is 100 cm³/mol. The molecule has 0 aromatic heterocycles. The summed E-state index contributed by atoms with van der Waals surface area (Å²) in [6.45, 7) is 1.69. The van der Waals surface area contributed by atoms with E-state index in [2.05, 4.69) is 16.9 Å². The lowest BCUT2D eigenvalue weighted by Gasteiger charge is -2.21. The van der Waals surface area contributed by atoms with Gasteiger partial charge in [-0.25, -0.2) is 0 Å². The van der Waals surface area contributed by atoms with Crippen molar-refractivity contribution in [2.45, 2.75) is 83.6 Å². The SMILES string of the molecule is Cc1c(CC/C=C/C2CCCC2)ccc(OC2CCCC2)c1OC(F)(F)F. The average Bonchev–Trinajstić information content (AvgIpc) is 3.29. The standard InChI is InChI=1S/C22H29F3O2/c1-16-18(11-5-4-10-17-8-2-3-9-17)14-15-20(21(16)27-22(23,24)25)26-19-12-6-7-13-19/h4,10,14-15,17,19H,2-3,5-9,11-13H2,1H3/b10-4+. The maximum Gasteiger partial charge on any atom is 0.573 e. The first-order chi connectivity index (χ1) is 12.9. The van der Waals surface area contributed by atoms with Crippen LogP contribution in [-0.4, -0.2) is 12.5 Å². The van der Waals surface area contributed by atoms with Crippen LogP contribution in [0.1, 0.15) is 68.9 Å². The van der Waals surface area contributed by atoms with Gasteiger partial charge in [-0.1, -0.05) is 31.1 Å². The van der Waals surface area contributed by atoms with Gasteiger partial charge in [0.2, 0.25) is 0 Å². The van der Waals surface area contributed by atoms with Crippen LogP contribution in [0.5, 0.6) is 11.5 Å². The number of aryl methyl sites for hydroxylation is 1. The van der Waals surface area contributed by atoms with Crippen molar-refractivity contribution in [3.63, 3.8) is 0 Å². The van der Waals surface area contributed by atoms with Gasteiger partial charge in [0.25, 0.3) is 0 Å². The fourth-order valence-corrected chi connectivity index (χ4v) is 4.18. The third-order valence-corrected chi connectivity index (χ3v) is 5.68. The maximum absolute atomic E-state index is 12.9. The molecule has 2 aliphatic rings. The Balaban J connectivity index is 1.70. The topological polar surface area (TPSA) is 18.5 Å². The summed E-state index contributed by atoms with van der Waals surface area (Å²) in [6.07, 6.45) is 10.2. The molecule has 2 nitrogen and oxygen atoms in total. The van der Waals surface area contributed by atoms with Crippen molar-refractivity contribution in [2.75, 3.05) is 0 Å². The summed E-state index contributed by atoms with van der Waals surface area (Å²) in [5.41, 5.74) is 1.40. The van der Waals surface area contributed by atoms with E-state index in [-0.39, 0.29) is 17.6 Å². The van der Waals surface area contributed by atoms with Crippen LogP contribution in [0.4, 0.5) is 13.2 Å². The van der Waals surface area contributed by atoms with Crippen LogP contribution in [0, 0.1) is 12.8 Å². The van der Waals surface area contributed by atoms with E-state index in [9.17, 15) is 13.2 Å². The molecule has 0 amide bonds. The van der Waals surface area contributed by atoms with Gasteiger partial charge in [-0.05, 0) is 81.4 Å². The van der Waals surface area contributed by atoms with E-state index in [1.54, 1.807) is 13.0 Å². The van der Waals surface area contributed by atoms with E-state index in [4.69, 9.17) is 4.74 Å². The van der Waals surface area contributed by atoms with Gasteiger partial charge in [0.15, 0.2) is 11.5 Å². The van der Waals surface area contributed by atoms with Gasteiger partial charge in [0.1, 0.15) is 0 Å². The molecule has 0 bridgehead atoms. The van der Waals surface area contributed by atoms with Crippen LogP contribution in [0.2, 0.25) is 0 Å². The Morgan fingerprint density at radius 2 is 1.70 bits per heavy atom. The second-order valence-corrected chi connectivity index (χ2v) is 7.76. The van der Waals surface area contributed by atoms with Crippen molar-refractivity contribution in [1.29, 1.82) is 0 Å². The second kappa shape index (κ2) is 9.03. The Morgan fingerprint density at radius 3 is 2.37 bits per heavy atom. The van der Waals surface area contributed by atoms with E-state index in [1.165, 1.54) is 25.7 Å². The first-order valence-electron chi connectivity index (χ1n) is 10.1. The minimum atomic E-state index is -4.72. The maximum atomic E-state index is 12.9. The zero-order chi connectivity index (χ0) is 19.3. The lowest BCUT2D eigenvalue weighted by Crippen LogP contribution is -2.20. The molecule has 0 heterocycles. The van der Waals surface area contributed by atoms with E-state index >= 15 is 0 Å². The van der Waals surface area contributed by atoms with Crippen molar-refractivity contribution in [1.82, 2.24) is 0 Å².